The van der Waals surface area contributed by atoms with Crippen molar-refractivity contribution in [3.05, 3.63) is 0 Å². The highest BCUT2D eigenvalue weighted by Gasteiger charge is 2.44. The molecule has 2 rings (SSSR count). The predicted octanol–water partition coefficient (Wildman–Crippen LogP) is -7.03. The number of aliphatic hydroxyl groups is 2. The van der Waals surface area contributed by atoms with E-state index in [2.05, 4.69) is 105 Å². The summed E-state index contributed by atoms with van der Waals surface area (Å²) in [6.45, 7) is 19.7. The Morgan fingerprint density at radius 1 is 0.455 bits per heavy atom. The van der Waals surface area contributed by atoms with Gasteiger partial charge in [0.25, 0.3) is 0 Å². The van der Waals surface area contributed by atoms with Gasteiger partial charge in [-0.3, -0.25) is 86.5 Å². The van der Waals surface area contributed by atoms with Crippen molar-refractivity contribution in [3.8, 4) is 0 Å². The van der Waals surface area contributed by atoms with Gasteiger partial charge in [-0.2, -0.15) is 25.3 Å². The molecule has 0 saturated carbocycles. The number of unbranched alkanes of at least 4 members (excludes halogenated alkanes) is 1. The van der Waals surface area contributed by atoms with E-state index in [9.17, 15) is 102 Å². The third kappa shape index (κ3) is 36.9. The Balaban J connectivity index is 2.27. The van der Waals surface area contributed by atoms with Crippen LogP contribution in [0.4, 0.5) is 0 Å². The third-order valence-corrected chi connectivity index (χ3v) is 20.9. The summed E-state index contributed by atoms with van der Waals surface area (Å²) in [6, 6.07) is -20.6. The number of nitrogens with zero attached hydrogens (tertiary/aromatic N) is 3. The van der Waals surface area contributed by atoms with Gasteiger partial charge >= 0.3 is 5.97 Å². The summed E-state index contributed by atoms with van der Waals surface area (Å²) in [6.07, 6.45) is -2.40. The van der Waals surface area contributed by atoms with Crippen LogP contribution in [-0.4, -0.2) is 291 Å². The van der Waals surface area contributed by atoms with Gasteiger partial charge in [0.15, 0.2) is 5.96 Å². The molecule has 0 radical (unpaired) electrons. The van der Waals surface area contributed by atoms with Crippen molar-refractivity contribution in [1.29, 1.82) is 0 Å². The molecule has 0 aromatic carbocycles. The molecule has 0 spiro atoms. The number of guanidine groups is 1. The van der Waals surface area contributed by atoms with Gasteiger partial charge in [-0.1, -0.05) is 75.7 Å². The van der Waals surface area contributed by atoms with Crippen LogP contribution in [0.25, 0.3) is 0 Å². The number of rotatable bonds is 54. The highest BCUT2D eigenvalue weighted by atomic mass is 32.1. The number of likely N-dealkylation sites (tertiary alicyclic amines) is 2. The lowest BCUT2D eigenvalue weighted by Crippen LogP contribution is -2.62. The number of carboxylic acid groups (broad SMARTS) is 1. The van der Waals surface area contributed by atoms with Crippen LogP contribution in [-0.2, 0) is 86.3 Å². The molecule has 2 fully saturated rings. The average molecular weight is 1760 g/mol. The second-order valence-corrected chi connectivity index (χ2v) is 32.9. The SMILES string of the molecule is CC[C@H](C)[C@H](NC(=O)[C@H](CCC(N)=O)NC(=O)[C@@H]1CCCN1C(=O)[C@@H](NC(=O)[C@H](CS)NC(=O)[C@H](CC(C)C)NC(=O)CNC(=O)[C@@H](NC(=O)[C@@H](NC(=O)[C@@H](N)CC(C)C)C(C)C)C(C)C)[C@@H](C)O)C(=O)N[C@@H](CCCCN)C(=O)N[C@H](C(=O)NCC(=O)N1CCC[C@H]1C(=O)N[C@@H](C)C(=O)N[C@@H](CS)C(=O)N[C@@H](CCCN=C(N)N)C(=O)O)[C@@H](C)O. The van der Waals surface area contributed by atoms with Crippen molar-refractivity contribution in [2.24, 2.45) is 63.3 Å². The van der Waals surface area contributed by atoms with E-state index in [1.54, 1.807) is 55.4 Å². The molecule has 27 N–H and O–H groups in total. The zero-order valence-electron chi connectivity index (χ0n) is 71.6. The number of carbonyl (C=O) groups is 18. The number of thiol groups is 2. The number of aliphatic carboxylic acids is 1. The van der Waals surface area contributed by atoms with Gasteiger partial charge in [-0.15, -0.1) is 0 Å². The Morgan fingerprint density at radius 2 is 0.893 bits per heavy atom. The molecule has 0 aromatic heterocycles. The van der Waals surface area contributed by atoms with Crippen molar-refractivity contribution in [2.75, 3.05) is 50.8 Å². The first-order valence-electron chi connectivity index (χ1n) is 41.1. The molecule has 2 aliphatic rings. The van der Waals surface area contributed by atoms with Crippen LogP contribution in [0.3, 0.4) is 0 Å². The maximum Gasteiger partial charge on any atom is 0.326 e. The normalized spacial score (nSPS) is 17.8. The predicted molar refractivity (Wildman–Crippen MR) is 450 cm³/mol. The Labute approximate surface area is 717 Å². The molecule has 17 amide bonds. The van der Waals surface area contributed by atoms with Gasteiger partial charge in [0.2, 0.25) is 100 Å². The standard InChI is InChI=1S/C76H134N22O21S2/c1-14-40(10)58(73(116)88-45(20-15-16-26-77)63(106)95-59(42(12)99)71(114)84-33-55(103)97-28-18-22-51(97)68(111)85-41(11)61(104)90-49(34-120)66(109)89-47(75(118)119)21-17-27-82-76(80)81)94-64(107)46(24-25-53(79)101)87-69(112)52-23-19-29-98(52)74(117)60(43(13)100)96-67(110)50(35-121)91-65(108)48(31-37(4)5)86-54(102)32-83-70(113)56(38(6)7)93-72(115)57(39(8)9)92-62(105)44(78)30-36(2)3/h36-52,56-60,99-100,120-121H,14-35,77-78H2,1-13H3,(H2,79,101)(H,83,113)(H,84,114)(H,85,111)(H,86,102)(H,87,112)(H,88,116)(H,89,109)(H,90,104)(H,91,108)(H,92,105)(H,93,115)(H,94,107)(H,95,106)(H,96,110)(H,118,119)(H4,80,81,82)/t40-,41-,42+,43+,44-,45-,46-,47-,48-,49-,50-,51-,52-,56-,57-,58-,59-,60-/m0/s1. The lowest BCUT2D eigenvalue weighted by molar-refractivity contribution is -0.144. The summed E-state index contributed by atoms with van der Waals surface area (Å²) in [4.78, 5) is 251. The average Bonchev–Trinajstić information content (AvgIpc) is 1.64. The van der Waals surface area contributed by atoms with E-state index in [1.807, 2.05) is 13.8 Å². The third-order valence-electron chi connectivity index (χ3n) is 20.2. The van der Waals surface area contributed by atoms with Crippen LogP contribution in [0.2, 0.25) is 0 Å². The van der Waals surface area contributed by atoms with Crippen molar-refractivity contribution < 1.29 is 102 Å². The highest BCUT2D eigenvalue weighted by Crippen LogP contribution is 2.23. The minimum atomic E-state index is -1.77. The lowest BCUT2D eigenvalue weighted by atomic mass is 9.96. The molecule has 18 atom stereocenters. The first-order chi connectivity index (χ1) is 56.7. The van der Waals surface area contributed by atoms with E-state index in [0.29, 0.717) is 19.3 Å². The molecule has 2 heterocycles. The van der Waals surface area contributed by atoms with Crippen molar-refractivity contribution in [3.63, 3.8) is 0 Å². The van der Waals surface area contributed by atoms with E-state index in [1.165, 1.54) is 13.8 Å². The number of aliphatic imine (C=N–C) groups is 1. The topological polar surface area (TPSA) is 685 Å². The summed E-state index contributed by atoms with van der Waals surface area (Å²) in [5.74, 6) is -18.8. The molecule has 0 bridgehead atoms. The second-order valence-electron chi connectivity index (χ2n) is 32.1. The second kappa shape index (κ2) is 53.9. The molecule has 2 saturated heterocycles. The fourth-order valence-electron chi connectivity index (χ4n) is 13.1. The van der Waals surface area contributed by atoms with Gasteiger partial charge in [0.05, 0.1) is 31.3 Å². The Kier molecular flexibility index (Phi) is 47.8. The molecule has 2 aliphatic heterocycles. The number of carbonyl (C=O) groups excluding carboxylic acids is 17. The number of amides is 17. The first-order valence-corrected chi connectivity index (χ1v) is 42.3. The Bertz CT molecular complexity index is 3570. The highest BCUT2D eigenvalue weighted by molar-refractivity contribution is 7.80. The van der Waals surface area contributed by atoms with E-state index in [-0.39, 0.29) is 113 Å². The number of hydrogen-bond donors (Lipinski definition) is 24. The van der Waals surface area contributed by atoms with Crippen molar-refractivity contribution in [1.82, 2.24) is 84.2 Å². The maximum atomic E-state index is 14.5. The summed E-state index contributed by atoms with van der Waals surface area (Å²) < 4.78 is 0. The molecule has 0 aliphatic carbocycles. The van der Waals surface area contributed by atoms with Crippen LogP contribution in [0.5, 0.6) is 0 Å². The molecule has 0 unspecified atom stereocenters. The number of aliphatic hydroxyl groups excluding tert-OH is 2. The lowest BCUT2D eigenvalue weighted by Gasteiger charge is -2.32. The quantitative estimate of drug-likeness (QED) is 0.0116. The van der Waals surface area contributed by atoms with E-state index in [0.717, 1.165) is 16.7 Å². The number of nitrogens with two attached hydrogens (primary N) is 5. The summed E-state index contributed by atoms with van der Waals surface area (Å²) in [7, 11) is 0. The zero-order chi connectivity index (χ0) is 92.0. The van der Waals surface area contributed by atoms with Crippen LogP contribution in [0.15, 0.2) is 4.99 Å². The van der Waals surface area contributed by atoms with E-state index < -0.39 is 253 Å². The summed E-state index contributed by atoms with van der Waals surface area (Å²) in [5, 5.41) is 66.8. The molecular weight excluding hydrogens is 1620 g/mol. The Hall–Kier alpha value is -9.73. The smallest absolute Gasteiger partial charge is 0.326 e. The largest absolute Gasteiger partial charge is 0.480 e. The minimum Gasteiger partial charge on any atom is -0.480 e. The van der Waals surface area contributed by atoms with Crippen LogP contribution >= 0.6 is 25.3 Å². The molecular formula is C76H134N22O21S2. The van der Waals surface area contributed by atoms with Crippen LogP contribution in [0.1, 0.15) is 180 Å². The summed E-state index contributed by atoms with van der Waals surface area (Å²) in [5.41, 5.74) is 28.0. The fraction of sp³-hybridized carbons (Fsp3) is 0.750. The minimum absolute atomic E-state index is 0.0162. The Morgan fingerprint density at radius 3 is 1.41 bits per heavy atom. The fourth-order valence-corrected chi connectivity index (χ4v) is 13.6. The number of primary amides is 1. The van der Waals surface area contributed by atoms with Gasteiger partial charge in [0, 0.05) is 37.6 Å². The monoisotopic (exact) mass is 1750 g/mol. The van der Waals surface area contributed by atoms with Crippen molar-refractivity contribution >= 4 is 138 Å². The molecule has 121 heavy (non-hydrogen) atoms. The summed E-state index contributed by atoms with van der Waals surface area (Å²) >= 11 is 8.39. The van der Waals surface area contributed by atoms with Crippen LogP contribution in [0, 0.1) is 29.6 Å². The van der Waals surface area contributed by atoms with Gasteiger partial charge in [-0.25, -0.2) is 4.79 Å². The number of nitrogens with one attached hydrogen (secondary N) is 14. The molecule has 0 aromatic rings. The van der Waals surface area contributed by atoms with E-state index in [4.69, 9.17) is 28.7 Å². The molecule has 686 valence electrons. The first kappa shape index (κ1) is 107. The molecule has 45 heteroatoms. The van der Waals surface area contributed by atoms with Crippen molar-refractivity contribution in [2.45, 2.75) is 283 Å². The zero-order valence-corrected chi connectivity index (χ0v) is 73.4. The molecule has 43 nitrogen and oxygen atoms in total. The van der Waals surface area contributed by atoms with E-state index >= 15 is 0 Å². The van der Waals surface area contributed by atoms with Crippen LogP contribution < -0.4 is 103 Å². The number of hydrogen-bond acceptors (Lipinski definition) is 25. The maximum absolute atomic E-state index is 14.5. The number of carboxylic acids is 1. The van der Waals surface area contributed by atoms with Gasteiger partial charge in [-0.05, 0) is 134 Å². The van der Waals surface area contributed by atoms with Gasteiger partial charge < -0.3 is 128 Å². The van der Waals surface area contributed by atoms with Gasteiger partial charge in [0.1, 0.15) is 84.6 Å².